The zero-order valence-electron chi connectivity index (χ0n) is 16.4. The number of quaternary nitrogens is 1. The van der Waals surface area contributed by atoms with Crippen LogP contribution in [0.2, 0.25) is 0 Å². The molecule has 0 bridgehead atoms. The fourth-order valence-corrected chi connectivity index (χ4v) is 2.05. The first-order valence-electron chi connectivity index (χ1n) is 8.79. The van der Waals surface area contributed by atoms with E-state index in [9.17, 15) is 4.79 Å². The van der Waals surface area contributed by atoms with Gasteiger partial charge in [-0.2, -0.15) is 0 Å². The Bertz CT molecular complexity index is 629. The fraction of sp³-hybridized carbons (Fsp3) is 0.421. The number of methoxy groups -OCH3 is 1. The van der Waals surface area contributed by atoms with E-state index in [0.29, 0.717) is 19.4 Å². The van der Waals surface area contributed by atoms with Crippen LogP contribution in [0.4, 0.5) is 0 Å². The molecule has 1 heterocycles. The molecule has 2 rings (SSSR count). The average molecular weight is 382 g/mol. The molecule has 27 heavy (non-hydrogen) atoms. The Balaban J connectivity index is 0. The molecule has 0 aliphatic heterocycles. The molecular weight excluding hydrogens is 350 g/mol. The van der Waals surface area contributed by atoms with Gasteiger partial charge in [-0.15, -0.1) is 0 Å². The Labute approximate surface area is 160 Å². The third kappa shape index (κ3) is 13.1. The largest absolute Gasteiger partial charge is 0.483 e. The van der Waals surface area contributed by atoms with E-state index >= 15 is 0 Å². The summed E-state index contributed by atoms with van der Waals surface area (Å²) in [5.41, 5.74) is 6.13. The van der Waals surface area contributed by atoms with Crippen molar-refractivity contribution in [2.75, 3.05) is 20.2 Å². The van der Waals surface area contributed by atoms with E-state index in [1.54, 1.807) is 0 Å². The van der Waals surface area contributed by atoms with Gasteiger partial charge in [-0.25, -0.2) is 0 Å². The highest BCUT2D eigenvalue weighted by Gasteiger charge is 2.04. The number of benzene rings is 1. The Kier molecular flexibility index (Phi) is 19.0. The van der Waals surface area contributed by atoms with Gasteiger partial charge in [0.05, 0.1) is 13.7 Å². The SMILES string of the molecule is CC.COC=O.O=CO.[NH3+]CCCC(=O)NCCc1c[nH]c2ccccc12. The van der Waals surface area contributed by atoms with E-state index in [1.807, 2.05) is 32.2 Å². The highest BCUT2D eigenvalue weighted by atomic mass is 16.5. The van der Waals surface area contributed by atoms with E-state index in [-0.39, 0.29) is 12.4 Å². The molecular formula is C19H32N3O5+. The van der Waals surface area contributed by atoms with Gasteiger partial charge in [-0.1, -0.05) is 32.0 Å². The van der Waals surface area contributed by atoms with Gasteiger partial charge in [-0.05, 0) is 18.1 Å². The summed E-state index contributed by atoms with van der Waals surface area (Å²) in [6.07, 6.45) is 4.32. The van der Waals surface area contributed by atoms with Gasteiger partial charge in [0, 0.05) is 36.5 Å². The lowest BCUT2D eigenvalue weighted by Crippen LogP contribution is -2.50. The second kappa shape index (κ2) is 19.5. The van der Waals surface area contributed by atoms with Crippen LogP contribution in [0.15, 0.2) is 30.5 Å². The summed E-state index contributed by atoms with van der Waals surface area (Å²) >= 11 is 0. The third-order valence-electron chi connectivity index (χ3n) is 3.14. The molecule has 0 saturated carbocycles. The molecule has 0 atom stereocenters. The van der Waals surface area contributed by atoms with Crippen molar-refractivity contribution in [3.8, 4) is 0 Å². The van der Waals surface area contributed by atoms with Crippen molar-refractivity contribution in [1.82, 2.24) is 10.3 Å². The fourth-order valence-electron chi connectivity index (χ4n) is 2.05. The summed E-state index contributed by atoms with van der Waals surface area (Å²) in [6, 6.07) is 8.22. The van der Waals surface area contributed by atoms with Crippen LogP contribution in [0, 0.1) is 0 Å². The third-order valence-corrected chi connectivity index (χ3v) is 3.14. The van der Waals surface area contributed by atoms with Gasteiger partial charge in [-0.3, -0.25) is 14.4 Å². The molecule has 0 radical (unpaired) electrons. The predicted molar refractivity (Wildman–Crippen MR) is 105 cm³/mol. The first-order chi connectivity index (χ1) is 13.1. The highest BCUT2D eigenvalue weighted by Crippen LogP contribution is 2.17. The lowest BCUT2D eigenvalue weighted by atomic mass is 10.1. The number of H-pyrrole nitrogens is 1. The van der Waals surface area contributed by atoms with Crippen LogP contribution in [-0.4, -0.2) is 49.1 Å². The van der Waals surface area contributed by atoms with Crippen molar-refractivity contribution < 1.29 is 30.0 Å². The number of amides is 1. The zero-order chi connectivity index (χ0) is 20.9. The topological polar surface area (TPSA) is 136 Å². The monoisotopic (exact) mass is 382 g/mol. The summed E-state index contributed by atoms with van der Waals surface area (Å²) in [4.78, 5) is 32.0. The van der Waals surface area contributed by atoms with Gasteiger partial charge < -0.3 is 25.9 Å². The highest BCUT2D eigenvalue weighted by molar-refractivity contribution is 5.83. The molecule has 8 nitrogen and oxygen atoms in total. The van der Waals surface area contributed by atoms with Crippen molar-refractivity contribution in [1.29, 1.82) is 0 Å². The van der Waals surface area contributed by atoms with Crippen molar-refractivity contribution in [3.05, 3.63) is 36.0 Å². The van der Waals surface area contributed by atoms with Gasteiger partial charge in [0.2, 0.25) is 5.91 Å². The quantitative estimate of drug-likeness (QED) is 0.536. The number of carbonyl (C=O) groups excluding carboxylic acids is 2. The summed E-state index contributed by atoms with van der Waals surface area (Å²) in [5.74, 6) is 0.124. The lowest BCUT2D eigenvalue weighted by Gasteiger charge is -2.03. The number of ether oxygens (including phenoxy) is 1. The van der Waals surface area contributed by atoms with Gasteiger partial charge in [0.25, 0.3) is 12.9 Å². The first-order valence-corrected chi connectivity index (χ1v) is 8.79. The molecule has 0 spiro atoms. The number of hydrogen-bond acceptors (Lipinski definition) is 4. The molecule has 1 amide bonds. The number of carbonyl (C=O) groups is 3. The molecule has 0 saturated heterocycles. The zero-order valence-corrected chi connectivity index (χ0v) is 16.4. The molecule has 0 fully saturated rings. The number of fused-ring (bicyclic) bond motifs is 1. The molecule has 6 N–H and O–H groups in total. The van der Waals surface area contributed by atoms with E-state index in [4.69, 9.17) is 14.7 Å². The Morgan fingerprint density at radius 3 is 2.44 bits per heavy atom. The van der Waals surface area contributed by atoms with Crippen molar-refractivity contribution >= 4 is 29.8 Å². The van der Waals surface area contributed by atoms with E-state index < -0.39 is 0 Å². The molecule has 8 heteroatoms. The van der Waals surface area contributed by atoms with Crippen LogP contribution in [0.1, 0.15) is 32.3 Å². The number of nitrogens with one attached hydrogen (secondary N) is 2. The average Bonchev–Trinajstić information content (AvgIpc) is 3.12. The Hall–Kier alpha value is -2.87. The van der Waals surface area contributed by atoms with Crippen LogP contribution >= 0.6 is 0 Å². The number of carboxylic acid groups (broad SMARTS) is 1. The smallest absolute Gasteiger partial charge is 0.292 e. The number of hydrogen-bond donors (Lipinski definition) is 4. The van der Waals surface area contributed by atoms with Crippen molar-refractivity contribution in [2.45, 2.75) is 33.1 Å². The molecule has 0 aliphatic rings. The molecule has 0 aliphatic carbocycles. The number of para-hydroxylation sites is 1. The summed E-state index contributed by atoms with van der Waals surface area (Å²) in [5, 5.41) is 11.1. The van der Waals surface area contributed by atoms with E-state index in [0.717, 1.165) is 24.9 Å². The minimum absolute atomic E-state index is 0.124. The summed E-state index contributed by atoms with van der Waals surface area (Å²) in [7, 11) is 1.31. The van der Waals surface area contributed by atoms with E-state index in [1.165, 1.54) is 18.1 Å². The second-order valence-corrected chi connectivity index (χ2v) is 4.85. The molecule has 0 unspecified atom stereocenters. The molecule has 152 valence electrons. The van der Waals surface area contributed by atoms with Crippen molar-refractivity contribution in [3.63, 3.8) is 0 Å². The standard InChI is InChI=1S/C14H19N3O.C2H4O2.C2H6.CH2O2/c15-8-3-6-14(18)16-9-7-11-10-17-13-5-2-1-4-12(11)13;1-4-2-3;1-2;2-1-3/h1-2,4-5,10,17H,3,6-9,15H2,(H,16,18);2H,1H3;1-2H3;1H,(H,2,3)/p+1. The van der Waals surface area contributed by atoms with Crippen LogP contribution in [0.5, 0.6) is 0 Å². The Morgan fingerprint density at radius 2 is 1.89 bits per heavy atom. The van der Waals surface area contributed by atoms with Gasteiger partial charge in [0.1, 0.15) is 0 Å². The van der Waals surface area contributed by atoms with E-state index in [2.05, 4.69) is 32.9 Å². The lowest BCUT2D eigenvalue weighted by molar-refractivity contribution is -0.368. The molecule has 2 aromatic rings. The van der Waals surface area contributed by atoms with Crippen LogP contribution in [0.3, 0.4) is 0 Å². The maximum absolute atomic E-state index is 11.4. The molecule has 1 aromatic heterocycles. The minimum Gasteiger partial charge on any atom is -0.483 e. The maximum atomic E-state index is 11.4. The van der Waals surface area contributed by atoms with Gasteiger partial charge in [0.15, 0.2) is 0 Å². The summed E-state index contributed by atoms with van der Waals surface area (Å²) < 4.78 is 3.86. The summed E-state index contributed by atoms with van der Waals surface area (Å²) in [6.45, 7) is 5.63. The maximum Gasteiger partial charge on any atom is 0.292 e. The minimum atomic E-state index is -0.250. The Morgan fingerprint density at radius 1 is 1.30 bits per heavy atom. The second-order valence-electron chi connectivity index (χ2n) is 4.85. The number of aromatic amines is 1. The molecule has 1 aromatic carbocycles. The first kappa shape index (κ1) is 26.4. The number of aromatic nitrogens is 1. The van der Waals surface area contributed by atoms with Gasteiger partial charge >= 0.3 is 0 Å². The van der Waals surface area contributed by atoms with Crippen LogP contribution in [0.25, 0.3) is 10.9 Å². The number of rotatable bonds is 7. The predicted octanol–water partition coefficient (Wildman–Crippen LogP) is 1.36. The van der Waals surface area contributed by atoms with Crippen molar-refractivity contribution in [2.24, 2.45) is 0 Å². The van der Waals surface area contributed by atoms with Crippen LogP contribution < -0.4 is 11.1 Å². The van der Waals surface area contributed by atoms with Crippen LogP contribution in [-0.2, 0) is 25.5 Å². The normalized spacial score (nSPS) is 8.59.